The molecule has 5 atom stereocenters. The van der Waals surface area contributed by atoms with E-state index in [1.807, 2.05) is 34.9 Å². The molecule has 124 valence electrons. The zero-order valence-corrected chi connectivity index (χ0v) is 16.2. The van der Waals surface area contributed by atoms with Gasteiger partial charge in [0.25, 0.3) is 6.07 Å². The maximum absolute atomic E-state index is 11.7. The van der Waals surface area contributed by atoms with Gasteiger partial charge in [0, 0.05) is 3.92 Å². The summed E-state index contributed by atoms with van der Waals surface area (Å²) in [4.78, 5) is 17.7. The number of rotatable bonds is 2. The van der Waals surface area contributed by atoms with Gasteiger partial charge in [-0.25, -0.2) is 0 Å². The van der Waals surface area contributed by atoms with Crippen molar-refractivity contribution in [3.05, 3.63) is 4.85 Å². The van der Waals surface area contributed by atoms with Crippen LogP contribution in [-0.4, -0.2) is 46.9 Å². The van der Waals surface area contributed by atoms with Crippen LogP contribution in [0.2, 0.25) is 0 Å². The molecule has 0 aromatic carbocycles. The average Bonchev–Trinajstić information content (AvgIpc) is 3.16. The number of likely N-dealkylation sites (N-methyl/N-ethyl adjacent to an activating group) is 1. The van der Waals surface area contributed by atoms with E-state index < -0.39 is 11.7 Å². The quantitative estimate of drug-likeness (QED) is 0.387. The molecule has 3 unspecified atom stereocenters. The molecule has 0 spiro atoms. The molecule has 1 aliphatic carbocycles. The van der Waals surface area contributed by atoms with Gasteiger partial charge in [0.05, 0.1) is 4.85 Å². The van der Waals surface area contributed by atoms with Crippen LogP contribution in [0.15, 0.2) is 0 Å². The molecule has 5 nitrogen and oxygen atoms in total. The second-order valence-corrected chi connectivity index (χ2v) is 8.97. The Morgan fingerprint density at radius 3 is 2.59 bits per heavy atom. The van der Waals surface area contributed by atoms with Crippen LogP contribution in [0, 0.1) is 17.9 Å². The molecule has 0 radical (unpaired) electrons. The summed E-state index contributed by atoms with van der Waals surface area (Å²) in [6.07, 6.45) is 3.30. The van der Waals surface area contributed by atoms with Crippen LogP contribution in [0.5, 0.6) is 0 Å². The number of carbonyl (C=O) groups excluding carboxylic acids is 1. The van der Waals surface area contributed by atoms with Crippen molar-refractivity contribution in [1.29, 1.82) is 0 Å². The summed E-state index contributed by atoms with van der Waals surface area (Å²) in [5.74, 6) is 0.726. The number of epoxide rings is 1. The van der Waals surface area contributed by atoms with E-state index in [0.717, 1.165) is 12.8 Å². The predicted octanol–water partition coefficient (Wildman–Crippen LogP) is 3.76. The highest BCUT2D eigenvalue weighted by atomic mass is 127. The van der Waals surface area contributed by atoms with E-state index in [9.17, 15) is 4.79 Å². The first-order chi connectivity index (χ1) is 10.2. The Labute approximate surface area is 146 Å². The number of amides is 1. The lowest BCUT2D eigenvalue weighted by Crippen LogP contribution is -2.29. The molecule has 1 heterocycles. The summed E-state index contributed by atoms with van der Waals surface area (Å²) in [6.45, 7) is 5.51. The number of ether oxygens (including phenoxy) is 2. The Morgan fingerprint density at radius 1 is 1.36 bits per heavy atom. The standard InChI is InChI=1S/C16H26IN2O3/c1-16(2,3)22-15(20)18-9-11-8-10(6-7-12(11)17)13-14(21-13)19(4)5/h10-14H,6-8H2,1-5H3/q+1/t10-,11?,12+,13?,14?/m0/s1. The lowest BCUT2D eigenvalue weighted by atomic mass is 9.80. The first-order valence-corrected chi connectivity index (χ1v) is 9.07. The van der Waals surface area contributed by atoms with Crippen LogP contribution in [0.1, 0.15) is 40.0 Å². The molecule has 2 fully saturated rings. The number of halogens is 1. The number of nitrogens with zero attached hydrogens (tertiary/aromatic N) is 2. The Balaban J connectivity index is 1.91. The van der Waals surface area contributed by atoms with Crippen molar-refractivity contribution in [1.82, 2.24) is 4.90 Å². The molecule has 2 aliphatic rings. The Hall–Kier alpha value is -0.390. The zero-order chi connectivity index (χ0) is 16.5. The number of hydrogen-bond donors (Lipinski definition) is 0. The topological polar surface area (TPSA) is 46.4 Å². The molecule has 0 aromatic rings. The van der Waals surface area contributed by atoms with Crippen LogP contribution in [0.4, 0.5) is 4.79 Å². The Morgan fingerprint density at radius 2 is 2.05 bits per heavy atom. The minimum atomic E-state index is -0.549. The van der Waals surface area contributed by atoms with Crippen LogP contribution in [0.3, 0.4) is 0 Å². The van der Waals surface area contributed by atoms with Gasteiger partial charge in [0.1, 0.15) is 23.9 Å². The van der Waals surface area contributed by atoms with E-state index in [4.69, 9.17) is 9.47 Å². The fraction of sp³-hybridized carbons (Fsp3) is 0.875. The monoisotopic (exact) mass is 421 g/mol. The van der Waals surface area contributed by atoms with Crippen molar-refractivity contribution in [3.63, 3.8) is 0 Å². The fourth-order valence-electron chi connectivity index (χ4n) is 2.89. The molecule has 0 aromatic heterocycles. The predicted molar refractivity (Wildman–Crippen MR) is 94.5 cm³/mol. The molecule has 1 saturated carbocycles. The van der Waals surface area contributed by atoms with Crippen molar-refractivity contribution in [2.45, 2.75) is 61.9 Å². The van der Waals surface area contributed by atoms with E-state index >= 15 is 0 Å². The number of carbonyl (C=O) groups is 1. The van der Waals surface area contributed by atoms with E-state index in [1.165, 1.54) is 6.42 Å². The summed E-state index contributed by atoms with van der Waals surface area (Å²) in [5, 5.41) is 0. The Bertz CT molecular complexity index is 478. The first kappa shape index (κ1) is 18.0. The van der Waals surface area contributed by atoms with Gasteiger partial charge >= 0.3 is 6.09 Å². The first-order valence-electron chi connectivity index (χ1n) is 7.82. The third-order valence-corrected chi connectivity index (χ3v) is 5.49. The largest absolute Gasteiger partial charge is 0.728 e. The second kappa shape index (κ2) is 7.02. The maximum Gasteiger partial charge on any atom is 0.728 e. The van der Waals surface area contributed by atoms with Crippen LogP contribution >= 0.6 is 22.6 Å². The molecule has 6 heteroatoms. The highest BCUT2D eigenvalue weighted by molar-refractivity contribution is 14.1. The minimum absolute atomic E-state index is 0.193. The summed E-state index contributed by atoms with van der Waals surface area (Å²) in [7, 11) is 4.09. The van der Waals surface area contributed by atoms with Crippen LogP contribution in [0.25, 0.3) is 4.85 Å². The van der Waals surface area contributed by atoms with Crippen LogP contribution in [-0.2, 0) is 9.47 Å². The summed E-state index contributed by atoms with van der Waals surface area (Å²) in [5.41, 5.74) is -0.512. The summed E-state index contributed by atoms with van der Waals surface area (Å²) in [6, 6.07) is 3.02. The minimum Gasteiger partial charge on any atom is -0.392 e. The van der Waals surface area contributed by atoms with E-state index in [1.54, 1.807) is 0 Å². The van der Waals surface area contributed by atoms with E-state index in [-0.39, 0.29) is 12.1 Å². The summed E-state index contributed by atoms with van der Waals surface area (Å²) >= 11 is 2.44. The lowest BCUT2D eigenvalue weighted by molar-refractivity contribution is 0.0664. The zero-order valence-electron chi connectivity index (χ0n) is 14.0. The third kappa shape index (κ3) is 5.07. The highest BCUT2D eigenvalue weighted by Crippen LogP contribution is 2.43. The molecular formula is C16H26IN2O3+. The van der Waals surface area contributed by atoms with Gasteiger partial charge in [0.2, 0.25) is 0 Å². The van der Waals surface area contributed by atoms with Crippen molar-refractivity contribution in [2.75, 3.05) is 14.1 Å². The summed E-state index contributed by atoms with van der Waals surface area (Å²) < 4.78 is 11.4. The molecule has 2 rings (SSSR count). The molecule has 1 amide bonds. The molecular weight excluding hydrogens is 395 g/mol. The van der Waals surface area contributed by atoms with E-state index in [2.05, 4.69) is 38.4 Å². The molecule has 1 saturated heterocycles. The molecule has 22 heavy (non-hydrogen) atoms. The van der Waals surface area contributed by atoms with Gasteiger partial charge < -0.3 is 9.47 Å². The smallest absolute Gasteiger partial charge is 0.392 e. The van der Waals surface area contributed by atoms with Crippen molar-refractivity contribution < 1.29 is 14.3 Å². The van der Waals surface area contributed by atoms with Gasteiger partial charge in [-0.3, -0.25) is 4.90 Å². The van der Waals surface area contributed by atoms with Gasteiger partial charge in [-0.15, -0.1) is 0 Å². The van der Waals surface area contributed by atoms with Crippen molar-refractivity contribution in [2.24, 2.45) is 11.8 Å². The van der Waals surface area contributed by atoms with Gasteiger partial charge in [0.15, 0.2) is 0 Å². The van der Waals surface area contributed by atoms with Gasteiger partial charge in [-0.05, 0) is 60.0 Å². The normalized spacial score (nSPS) is 34.8. The van der Waals surface area contributed by atoms with Gasteiger partial charge in [-0.1, -0.05) is 22.6 Å². The lowest BCUT2D eigenvalue weighted by Gasteiger charge is -2.27. The van der Waals surface area contributed by atoms with Gasteiger partial charge in [-0.2, -0.15) is 4.79 Å². The van der Waals surface area contributed by atoms with Crippen LogP contribution < -0.4 is 0 Å². The third-order valence-electron chi connectivity index (χ3n) is 4.00. The molecule has 0 bridgehead atoms. The number of alkyl halides is 1. The number of hydrogen-bond acceptors (Lipinski definition) is 4. The second-order valence-electron chi connectivity index (χ2n) is 7.37. The van der Waals surface area contributed by atoms with Crippen molar-refractivity contribution in [3.8, 4) is 6.07 Å². The molecule has 1 aliphatic heterocycles. The van der Waals surface area contributed by atoms with E-state index in [0.29, 0.717) is 15.9 Å². The highest BCUT2D eigenvalue weighted by Gasteiger charge is 2.49. The Kier molecular flexibility index (Phi) is 5.73. The van der Waals surface area contributed by atoms with Crippen molar-refractivity contribution >= 4 is 28.7 Å². The fourth-order valence-corrected chi connectivity index (χ4v) is 3.71. The maximum atomic E-state index is 11.7. The SMILES string of the molecule is CN(C)C1OC1[C@H]1CC[C@@H](I)C(C#[N+]C(=O)OC(C)(C)C)C1. The average molecular weight is 421 g/mol. The molecule has 0 N–H and O–H groups in total.